The zero-order valence-electron chi connectivity index (χ0n) is 19.9. The molecule has 1 aliphatic rings. The number of rotatable bonds is 10. The van der Waals surface area contributed by atoms with Gasteiger partial charge in [0.05, 0.1) is 6.54 Å². The third-order valence-corrected chi connectivity index (χ3v) is 5.58. The Balaban J connectivity index is 0.00000512. The molecule has 180 valence electrons. The number of hydrogen-bond acceptors (Lipinski definition) is 3. The molecular formula is C24H40IN5O2. The molecule has 1 aliphatic heterocycles. The van der Waals surface area contributed by atoms with Crippen molar-refractivity contribution in [2.75, 3.05) is 39.3 Å². The Bertz CT molecular complexity index is 720. The predicted octanol–water partition coefficient (Wildman–Crippen LogP) is 3.63. The van der Waals surface area contributed by atoms with Crippen LogP contribution in [0.3, 0.4) is 0 Å². The van der Waals surface area contributed by atoms with Crippen LogP contribution in [-0.2, 0) is 11.3 Å². The average molecular weight is 558 g/mol. The largest absolute Gasteiger partial charge is 0.357 e. The topological polar surface area (TPSA) is 77.0 Å². The van der Waals surface area contributed by atoms with Crippen molar-refractivity contribution in [3.8, 4) is 0 Å². The molecular weight excluding hydrogens is 517 g/mol. The van der Waals surface area contributed by atoms with Crippen LogP contribution in [0.2, 0.25) is 0 Å². The van der Waals surface area contributed by atoms with Crippen LogP contribution in [0.4, 0.5) is 0 Å². The van der Waals surface area contributed by atoms with E-state index in [9.17, 15) is 9.59 Å². The Morgan fingerprint density at radius 1 is 1.06 bits per heavy atom. The minimum absolute atomic E-state index is 0. The Hall–Kier alpha value is -1.84. The van der Waals surface area contributed by atoms with E-state index in [2.05, 4.69) is 15.6 Å². The van der Waals surface area contributed by atoms with Crippen LogP contribution < -0.4 is 10.6 Å². The van der Waals surface area contributed by atoms with Crippen LogP contribution >= 0.6 is 24.0 Å². The van der Waals surface area contributed by atoms with Crippen molar-refractivity contribution in [3.63, 3.8) is 0 Å². The van der Waals surface area contributed by atoms with Crippen LogP contribution in [0.25, 0.3) is 0 Å². The summed E-state index contributed by atoms with van der Waals surface area (Å²) in [6.45, 7) is 11.2. The molecule has 1 saturated heterocycles. The predicted molar refractivity (Wildman–Crippen MR) is 142 cm³/mol. The molecule has 0 bridgehead atoms. The van der Waals surface area contributed by atoms with Gasteiger partial charge in [0.25, 0.3) is 5.91 Å². The normalized spacial score (nSPS) is 14.4. The molecule has 2 amide bonds. The highest BCUT2D eigenvalue weighted by Crippen LogP contribution is 2.11. The van der Waals surface area contributed by atoms with E-state index in [1.165, 1.54) is 0 Å². The molecule has 32 heavy (non-hydrogen) atoms. The van der Waals surface area contributed by atoms with Crippen molar-refractivity contribution in [3.05, 3.63) is 35.4 Å². The van der Waals surface area contributed by atoms with E-state index in [1.54, 1.807) is 0 Å². The van der Waals surface area contributed by atoms with Gasteiger partial charge in [0.15, 0.2) is 5.96 Å². The third kappa shape index (κ3) is 9.34. The number of carbonyl (C=O) groups is 2. The Morgan fingerprint density at radius 3 is 2.44 bits per heavy atom. The summed E-state index contributed by atoms with van der Waals surface area (Å²) in [5.74, 6) is 1.13. The van der Waals surface area contributed by atoms with Gasteiger partial charge < -0.3 is 20.4 Å². The zero-order valence-corrected chi connectivity index (χ0v) is 22.2. The van der Waals surface area contributed by atoms with E-state index in [1.807, 2.05) is 54.8 Å². The number of likely N-dealkylation sites (tertiary alicyclic amines) is 1. The van der Waals surface area contributed by atoms with Gasteiger partial charge >= 0.3 is 0 Å². The smallest absolute Gasteiger partial charge is 0.253 e. The molecule has 0 aliphatic carbocycles. The standard InChI is InChI=1S/C24H39N5O2.HI/c1-4-25-24(26-16-10-18-29-17-9-7-8-11-22(29)30)27-19-20-12-14-21(15-13-20)23(31)28(5-2)6-3;/h12-15H,4-11,16-19H2,1-3H3,(H2,25,26,27);1H. The van der Waals surface area contributed by atoms with Crippen molar-refractivity contribution in [1.29, 1.82) is 0 Å². The molecule has 8 heteroatoms. The number of hydrogen-bond donors (Lipinski definition) is 2. The minimum Gasteiger partial charge on any atom is -0.357 e. The lowest BCUT2D eigenvalue weighted by Crippen LogP contribution is -2.39. The van der Waals surface area contributed by atoms with Crippen LogP contribution in [0.15, 0.2) is 29.3 Å². The first-order valence-corrected chi connectivity index (χ1v) is 11.8. The Morgan fingerprint density at radius 2 is 1.78 bits per heavy atom. The lowest BCUT2D eigenvalue weighted by molar-refractivity contribution is -0.130. The molecule has 0 saturated carbocycles. The minimum atomic E-state index is 0. The second-order valence-corrected chi connectivity index (χ2v) is 7.84. The van der Waals surface area contributed by atoms with Crippen molar-refractivity contribution in [1.82, 2.24) is 20.4 Å². The van der Waals surface area contributed by atoms with Gasteiger partial charge in [0, 0.05) is 51.3 Å². The van der Waals surface area contributed by atoms with Gasteiger partial charge in [-0.1, -0.05) is 18.6 Å². The second-order valence-electron chi connectivity index (χ2n) is 7.84. The van der Waals surface area contributed by atoms with Gasteiger partial charge in [-0.25, -0.2) is 4.99 Å². The first-order chi connectivity index (χ1) is 15.1. The molecule has 7 nitrogen and oxygen atoms in total. The lowest BCUT2D eigenvalue weighted by Gasteiger charge is -2.20. The van der Waals surface area contributed by atoms with E-state index in [0.29, 0.717) is 37.5 Å². The highest BCUT2D eigenvalue weighted by atomic mass is 127. The number of carbonyl (C=O) groups excluding carboxylic acids is 2. The number of guanidine groups is 1. The zero-order chi connectivity index (χ0) is 22.5. The number of nitrogens with zero attached hydrogens (tertiary/aromatic N) is 3. The van der Waals surface area contributed by atoms with E-state index < -0.39 is 0 Å². The first kappa shape index (κ1) is 28.2. The molecule has 0 atom stereocenters. The molecule has 0 radical (unpaired) electrons. The fraction of sp³-hybridized carbons (Fsp3) is 0.625. The molecule has 1 heterocycles. The number of amides is 2. The monoisotopic (exact) mass is 557 g/mol. The van der Waals surface area contributed by atoms with E-state index in [4.69, 9.17) is 0 Å². The van der Waals surface area contributed by atoms with E-state index >= 15 is 0 Å². The van der Waals surface area contributed by atoms with E-state index in [-0.39, 0.29) is 29.9 Å². The molecule has 0 aromatic heterocycles. The average Bonchev–Trinajstić information content (AvgIpc) is 3.00. The summed E-state index contributed by atoms with van der Waals surface area (Å²) in [5.41, 5.74) is 1.77. The van der Waals surface area contributed by atoms with Crippen LogP contribution in [0, 0.1) is 0 Å². The van der Waals surface area contributed by atoms with Crippen LogP contribution in [0.1, 0.15) is 68.8 Å². The Kier molecular flexibility index (Phi) is 14.0. The molecule has 1 fully saturated rings. The molecule has 0 spiro atoms. The van der Waals surface area contributed by atoms with Gasteiger partial charge in [0.2, 0.25) is 5.91 Å². The maximum atomic E-state index is 12.4. The summed E-state index contributed by atoms with van der Waals surface area (Å²) in [7, 11) is 0. The summed E-state index contributed by atoms with van der Waals surface area (Å²) in [6.07, 6.45) is 4.88. The van der Waals surface area contributed by atoms with Crippen molar-refractivity contribution in [2.24, 2.45) is 4.99 Å². The third-order valence-electron chi connectivity index (χ3n) is 5.58. The maximum absolute atomic E-state index is 12.4. The Labute approximate surface area is 210 Å². The molecule has 2 N–H and O–H groups in total. The van der Waals surface area contributed by atoms with Crippen LogP contribution in [-0.4, -0.2) is 66.8 Å². The molecule has 1 aromatic rings. The van der Waals surface area contributed by atoms with Gasteiger partial charge in [-0.05, 0) is 57.7 Å². The maximum Gasteiger partial charge on any atom is 0.253 e. The number of halogens is 1. The summed E-state index contributed by atoms with van der Waals surface area (Å²) < 4.78 is 0. The van der Waals surface area contributed by atoms with Gasteiger partial charge in [-0.15, -0.1) is 24.0 Å². The highest BCUT2D eigenvalue weighted by molar-refractivity contribution is 14.0. The number of aliphatic imine (C=N–C) groups is 1. The van der Waals surface area contributed by atoms with Gasteiger partial charge in [-0.2, -0.15) is 0 Å². The molecule has 2 rings (SSSR count). The fourth-order valence-electron chi connectivity index (χ4n) is 3.71. The lowest BCUT2D eigenvalue weighted by atomic mass is 10.1. The second kappa shape index (κ2) is 15.9. The quantitative estimate of drug-likeness (QED) is 0.200. The SMILES string of the molecule is CCNC(=NCc1ccc(C(=O)N(CC)CC)cc1)NCCCN1CCCCCC1=O.I. The van der Waals surface area contributed by atoms with Crippen molar-refractivity contribution in [2.45, 2.75) is 59.4 Å². The number of benzene rings is 1. The summed E-state index contributed by atoms with van der Waals surface area (Å²) in [4.78, 5) is 33.0. The first-order valence-electron chi connectivity index (χ1n) is 11.8. The highest BCUT2D eigenvalue weighted by Gasteiger charge is 2.15. The van der Waals surface area contributed by atoms with Crippen molar-refractivity contribution >= 4 is 41.8 Å². The van der Waals surface area contributed by atoms with E-state index in [0.717, 1.165) is 63.4 Å². The molecule has 1 aromatic carbocycles. The number of nitrogens with one attached hydrogen (secondary N) is 2. The summed E-state index contributed by atoms with van der Waals surface area (Å²) >= 11 is 0. The summed E-state index contributed by atoms with van der Waals surface area (Å²) in [6, 6.07) is 7.69. The summed E-state index contributed by atoms with van der Waals surface area (Å²) in [5, 5.41) is 6.63. The fourth-order valence-corrected chi connectivity index (χ4v) is 3.71. The van der Waals surface area contributed by atoms with Gasteiger partial charge in [-0.3, -0.25) is 9.59 Å². The van der Waals surface area contributed by atoms with Gasteiger partial charge in [0.1, 0.15) is 0 Å². The molecule has 0 unspecified atom stereocenters. The van der Waals surface area contributed by atoms with Crippen LogP contribution in [0.5, 0.6) is 0 Å². The van der Waals surface area contributed by atoms with Crippen molar-refractivity contribution < 1.29 is 9.59 Å².